The number of anilines is 1. The first-order valence-electron chi connectivity index (χ1n) is 22.9. The Morgan fingerprint density at radius 1 is 0.688 bits per heavy atom. The largest absolute Gasteiger partial charge is 0.453 e. The van der Waals surface area contributed by atoms with Gasteiger partial charge in [-0.25, -0.2) is 23.5 Å². The van der Waals surface area contributed by atoms with E-state index in [1.165, 1.54) is 31.9 Å². The Morgan fingerprint density at radius 2 is 1.28 bits per heavy atom. The number of aromatic nitrogens is 4. The Kier molecular flexibility index (Phi) is 13.0. The fourth-order valence-electron chi connectivity index (χ4n) is 10.4. The van der Waals surface area contributed by atoms with E-state index < -0.39 is 29.8 Å². The number of amides is 3. The summed E-state index contributed by atoms with van der Waals surface area (Å²) in [4.78, 5) is 64.9. The first-order valence-corrected chi connectivity index (χ1v) is 22.9. The number of carbonyl (C=O) groups is 3. The summed E-state index contributed by atoms with van der Waals surface area (Å²) in [7, 11) is 1.25. The quantitative estimate of drug-likeness (QED) is 0.120. The molecule has 3 aromatic carbocycles. The minimum Gasteiger partial charge on any atom is -0.453 e. The number of rotatable bonds is 11. The second-order valence-corrected chi connectivity index (χ2v) is 17.6. The molecule has 3 N–H and O–H groups in total. The van der Waals surface area contributed by atoms with E-state index in [1.54, 1.807) is 34.1 Å². The van der Waals surface area contributed by atoms with Crippen LogP contribution in [0.1, 0.15) is 123 Å². The maximum absolute atomic E-state index is 16.0. The topological polar surface area (TPSA) is 143 Å². The van der Waals surface area contributed by atoms with Crippen LogP contribution in [-0.4, -0.2) is 98.9 Å². The molecule has 2 aromatic heterocycles. The molecule has 6 heterocycles. The van der Waals surface area contributed by atoms with Gasteiger partial charge in [0.15, 0.2) is 0 Å². The van der Waals surface area contributed by atoms with E-state index in [0.717, 1.165) is 68.7 Å². The Morgan fingerprint density at radius 3 is 1.97 bits per heavy atom. The van der Waals surface area contributed by atoms with Crippen LogP contribution in [0.3, 0.4) is 0 Å². The molecule has 4 aliphatic heterocycles. The van der Waals surface area contributed by atoms with Crippen molar-refractivity contribution < 1.29 is 27.9 Å². The first kappa shape index (κ1) is 43.2. The monoisotopic (exact) mass is 873 g/mol. The SMILES string of the molecule is COC(=O)N[C@@H](C(=O)N1CCC[C@H]1c1ncc(-c2cc(F)c(N3CCC(c4cnc([C@@H]5CCCCN5C(=O)[C@@H](c5ccccc5)N5CCCCC5)[nH]4)CC3)c(F)c2)[nH]1)c1ccccc1. The van der Waals surface area contributed by atoms with Crippen LogP contribution in [0, 0.1) is 11.6 Å². The summed E-state index contributed by atoms with van der Waals surface area (Å²) < 4.78 is 36.8. The van der Waals surface area contributed by atoms with Crippen molar-refractivity contribution in [1.82, 2.24) is 40.0 Å². The van der Waals surface area contributed by atoms with Gasteiger partial charge in [0.25, 0.3) is 5.91 Å². The lowest BCUT2D eigenvalue weighted by Crippen LogP contribution is -2.47. The summed E-state index contributed by atoms with van der Waals surface area (Å²) >= 11 is 0. The van der Waals surface area contributed by atoms with Crippen molar-refractivity contribution in [2.45, 2.75) is 94.3 Å². The minimum absolute atomic E-state index is 0.0529. The molecule has 336 valence electrons. The summed E-state index contributed by atoms with van der Waals surface area (Å²) in [5.74, 6) is -0.0505. The number of H-pyrrole nitrogens is 2. The molecular formula is C49H57F2N9O4. The molecule has 0 saturated carbocycles. The molecule has 4 saturated heterocycles. The van der Waals surface area contributed by atoms with E-state index in [4.69, 9.17) is 9.72 Å². The number of nitrogens with zero attached hydrogens (tertiary/aromatic N) is 6. The Bertz CT molecular complexity index is 2370. The molecule has 13 nitrogen and oxygen atoms in total. The standard InChI is InChI=1S/C49H57F2N9O4/c1-64-49(63)56-42(33-14-5-2-6-15-33)47(61)59-25-13-19-41(59)46-53-31-39(55-46)35-28-36(50)44(37(51)29-35)58-26-20-32(21-27-58)38-30-52-45(54-38)40-18-9-12-24-60(40)48(62)43(34-16-7-3-8-17-34)57-22-10-4-11-23-57/h2-3,5-8,14-17,28-32,40-43H,4,9-13,18-27H2,1H3,(H,52,54)(H,53,55)(H,56,63)/t40-,41-,42+,43+/m0/s1. The van der Waals surface area contributed by atoms with Crippen molar-refractivity contribution in [2.75, 3.05) is 51.3 Å². The Balaban J connectivity index is 0.852. The molecular weight excluding hydrogens is 817 g/mol. The molecule has 0 bridgehead atoms. The number of nitrogens with one attached hydrogen (secondary N) is 3. The molecule has 64 heavy (non-hydrogen) atoms. The summed E-state index contributed by atoms with van der Waals surface area (Å²) in [5, 5.41) is 2.66. The molecule has 4 atom stereocenters. The van der Waals surface area contributed by atoms with Gasteiger partial charge in [0.1, 0.15) is 41.1 Å². The average Bonchev–Trinajstić information content (AvgIpc) is 4.14. The Hall–Kier alpha value is -6.09. The van der Waals surface area contributed by atoms with E-state index in [0.29, 0.717) is 68.1 Å². The molecule has 0 spiro atoms. The number of methoxy groups -OCH3 is 1. The highest BCUT2D eigenvalue weighted by Gasteiger charge is 2.39. The van der Waals surface area contributed by atoms with Gasteiger partial charge in [-0.2, -0.15) is 0 Å². The van der Waals surface area contributed by atoms with E-state index in [1.807, 2.05) is 30.5 Å². The maximum atomic E-state index is 16.0. The normalized spacial score (nSPS) is 20.8. The number of likely N-dealkylation sites (tertiary alicyclic amines) is 3. The molecule has 9 rings (SSSR count). The van der Waals surface area contributed by atoms with Crippen LogP contribution >= 0.6 is 0 Å². The number of piperidine rings is 3. The number of hydrogen-bond donors (Lipinski definition) is 3. The second-order valence-electron chi connectivity index (χ2n) is 17.6. The van der Waals surface area contributed by atoms with Crippen LogP contribution in [-0.2, 0) is 14.3 Å². The van der Waals surface area contributed by atoms with Crippen molar-refractivity contribution in [3.63, 3.8) is 0 Å². The third-order valence-electron chi connectivity index (χ3n) is 13.7. The lowest BCUT2D eigenvalue weighted by atomic mass is 9.93. The predicted molar refractivity (Wildman–Crippen MR) is 238 cm³/mol. The lowest BCUT2D eigenvalue weighted by Gasteiger charge is -2.41. The van der Waals surface area contributed by atoms with Crippen LogP contribution in [0.15, 0.2) is 85.2 Å². The molecule has 15 heteroatoms. The van der Waals surface area contributed by atoms with E-state index in [9.17, 15) is 14.4 Å². The smallest absolute Gasteiger partial charge is 0.407 e. The third kappa shape index (κ3) is 8.99. The average molecular weight is 874 g/mol. The molecule has 3 amide bonds. The van der Waals surface area contributed by atoms with Gasteiger partial charge in [-0.05, 0) is 94.1 Å². The van der Waals surface area contributed by atoms with Gasteiger partial charge in [0, 0.05) is 49.6 Å². The van der Waals surface area contributed by atoms with Crippen molar-refractivity contribution in [3.05, 3.63) is 125 Å². The van der Waals surface area contributed by atoms with Crippen molar-refractivity contribution in [2.24, 2.45) is 0 Å². The number of hydrogen-bond acceptors (Lipinski definition) is 8. The lowest BCUT2D eigenvalue weighted by molar-refractivity contribution is -0.142. The van der Waals surface area contributed by atoms with Crippen LogP contribution in [0.4, 0.5) is 19.3 Å². The van der Waals surface area contributed by atoms with Crippen molar-refractivity contribution >= 4 is 23.6 Å². The number of halogens is 2. The van der Waals surface area contributed by atoms with Crippen LogP contribution in [0.2, 0.25) is 0 Å². The molecule has 4 aliphatic rings. The summed E-state index contributed by atoms with van der Waals surface area (Å²) in [6.07, 6.45) is 11.6. The van der Waals surface area contributed by atoms with Crippen LogP contribution < -0.4 is 10.2 Å². The molecule has 4 fully saturated rings. The second kappa shape index (κ2) is 19.3. The third-order valence-corrected chi connectivity index (χ3v) is 13.7. The highest BCUT2D eigenvalue weighted by Crippen LogP contribution is 2.39. The van der Waals surface area contributed by atoms with Gasteiger partial charge in [-0.3, -0.25) is 14.5 Å². The molecule has 0 aliphatic carbocycles. The van der Waals surface area contributed by atoms with Crippen molar-refractivity contribution in [3.8, 4) is 11.3 Å². The summed E-state index contributed by atoms with van der Waals surface area (Å²) in [5.41, 5.74) is 3.33. The summed E-state index contributed by atoms with van der Waals surface area (Å²) in [6, 6.07) is 20.0. The zero-order chi connectivity index (χ0) is 44.2. The molecule has 0 radical (unpaired) electrons. The van der Waals surface area contributed by atoms with E-state index >= 15 is 8.78 Å². The molecule has 5 aromatic rings. The number of ether oxygens (including phenoxy) is 1. The highest BCUT2D eigenvalue weighted by molar-refractivity contribution is 5.87. The predicted octanol–water partition coefficient (Wildman–Crippen LogP) is 8.50. The molecule has 0 unspecified atom stereocenters. The zero-order valence-corrected chi connectivity index (χ0v) is 36.4. The number of imidazole rings is 2. The maximum Gasteiger partial charge on any atom is 0.407 e. The fourth-order valence-corrected chi connectivity index (χ4v) is 10.4. The zero-order valence-electron chi connectivity index (χ0n) is 36.4. The number of alkyl carbamates (subject to hydrolysis) is 1. The first-order chi connectivity index (χ1) is 31.3. The van der Waals surface area contributed by atoms with Gasteiger partial charge >= 0.3 is 6.09 Å². The fraction of sp³-hybridized carbons (Fsp3) is 0.449. The van der Waals surface area contributed by atoms with E-state index in [-0.39, 0.29) is 35.5 Å². The number of carbonyl (C=O) groups excluding carboxylic acids is 3. The summed E-state index contributed by atoms with van der Waals surface area (Å²) in [6.45, 7) is 3.90. The van der Waals surface area contributed by atoms with Gasteiger partial charge in [0.05, 0.1) is 31.1 Å². The van der Waals surface area contributed by atoms with Gasteiger partial charge in [-0.1, -0.05) is 67.1 Å². The van der Waals surface area contributed by atoms with Crippen molar-refractivity contribution in [1.29, 1.82) is 0 Å². The number of aromatic amines is 2. The van der Waals surface area contributed by atoms with Gasteiger partial charge in [0.2, 0.25) is 5.91 Å². The minimum atomic E-state index is -0.964. The van der Waals surface area contributed by atoms with E-state index in [2.05, 4.69) is 42.2 Å². The van der Waals surface area contributed by atoms with Crippen LogP contribution in [0.25, 0.3) is 11.3 Å². The highest BCUT2D eigenvalue weighted by atomic mass is 19.1. The number of benzene rings is 3. The van der Waals surface area contributed by atoms with Gasteiger partial charge in [-0.15, -0.1) is 0 Å². The van der Waals surface area contributed by atoms with Crippen LogP contribution in [0.5, 0.6) is 0 Å². The Labute approximate surface area is 372 Å². The van der Waals surface area contributed by atoms with Gasteiger partial charge < -0.3 is 34.7 Å².